The summed E-state index contributed by atoms with van der Waals surface area (Å²) < 4.78 is 5.97. The molecule has 0 saturated heterocycles. The molecule has 2 heteroatoms. The Hall–Kier alpha value is -1.02. The van der Waals surface area contributed by atoms with E-state index in [4.69, 9.17) is 4.74 Å². The minimum atomic E-state index is 0.375. The van der Waals surface area contributed by atoms with Crippen molar-refractivity contribution in [1.29, 1.82) is 0 Å². The van der Waals surface area contributed by atoms with Gasteiger partial charge in [0.05, 0.1) is 6.61 Å². The van der Waals surface area contributed by atoms with Gasteiger partial charge in [0.15, 0.2) is 0 Å². The van der Waals surface area contributed by atoms with Crippen molar-refractivity contribution >= 4 is 0 Å². The van der Waals surface area contributed by atoms with Crippen molar-refractivity contribution in [3.63, 3.8) is 0 Å². The highest BCUT2D eigenvalue weighted by Gasteiger charge is 2.60. The van der Waals surface area contributed by atoms with Crippen LogP contribution in [0.2, 0.25) is 0 Å². The smallest absolute Gasteiger partial charge is 0.122 e. The van der Waals surface area contributed by atoms with Crippen LogP contribution in [0.5, 0.6) is 5.75 Å². The van der Waals surface area contributed by atoms with Crippen molar-refractivity contribution in [2.75, 3.05) is 13.2 Å². The third-order valence-corrected chi connectivity index (χ3v) is 5.34. The lowest BCUT2D eigenvalue weighted by atomic mass is 9.47. The van der Waals surface area contributed by atoms with E-state index >= 15 is 0 Å². The molecule has 1 fully saturated rings. The van der Waals surface area contributed by atoms with E-state index in [1.807, 2.05) is 0 Å². The van der Waals surface area contributed by atoms with Crippen molar-refractivity contribution in [3.05, 3.63) is 29.8 Å². The van der Waals surface area contributed by atoms with Crippen LogP contribution >= 0.6 is 0 Å². The van der Waals surface area contributed by atoms with Crippen LogP contribution < -0.4 is 10.1 Å². The molecule has 0 radical (unpaired) electrons. The summed E-state index contributed by atoms with van der Waals surface area (Å²) in [5.41, 5.74) is 1.80. The van der Waals surface area contributed by atoms with E-state index in [0.717, 1.165) is 18.9 Å². The Morgan fingerprint density at radius 1 is 1.32 bits per heavy atom. The fraction of sp³-hybridized carbons (Fsp3) is 0.647. The van der Waals surface area contributed by atoms with Gasteiger partial charge in [0.25, 0.3) is 0 Å². The summed E-state index contributed by atoms with van der Waals surface area (Å²) in [6.45, 7) is 9.00. The average Bonchev–Trinajstić information content (AvgIpc) is 2.45. The molecule has 2 aliphatic rings. The second-order valence-electron chi connectivity index (χ2n) is 6.28. The summed E-state index contributed by atoms with van der Waals surface area (Å²) in [7, 11) is 0. The Labute approximate surface area is 116 Å². The van der Waals surface area contributed by atoms with Gasteiger partial charge in [-0.15, -0.1) is 0 Å². The molecule has 1 aromatic carbocycles. The van der Waals surface area contributed by atoms with E-state index in [1.54, 1.807) is 0 Å². The lowest BCUT2D eigenvalue weighted by Gasteiger charge is -2.62. The third kappa shape index (κ3) is 1.80. The molecule has 1 aliphatic heterocycles. The highest BCUT2D eigenvalue weighted by Crippen LogP contribution is 2.61. The number of para-hydroxylation sites is 1. The summed E-state index contributed by atoms with van der Waals surface area (Å²) in [4.78, 5) is 0. The summed E-state index contributed by atoms with van der Waals surface area (Å²) >= 11 is 0. The molecule has 3 rings (SSSR count). The molecule has 4 unspecified atom stereocenters. The molecular weight excluding hydrogens is 234 g/mol. The lowest BCUT2D eigenvalue weighted by Crippen LogP contribution is -2.66. The first-order valence-electron chi connectivity index (χ1n) is 7.67. The highest BCUT2D eigenvalue weighted by molar-refractivity contribution is 5.43. The van der Waals surface area contributed by atoms with Crippen molar-refractivity contribution in [2.45, 2.75) is 45.6 Å². The summed E-state index contributed by atoms with van der Waals surface area (Å²) in [5.74, 6) is 2.42. The number of fused-ring (bicyclic) bond motifs is 3. The van der Waals surface area contributed by atoms with Gasteiger partial charge in [0.2, 0.25) is 0 Å². The van der Waals surface area contributed by atoms with Crippen LogP contribution in [0, 0.1) is 11.3 Å². The molecule has 1 aliphatic carbocycles. The average molecular weight is 259 g/mol. The van der Waals surface area contributed by atoms with Crippen LogP contribution in [0.25, 0.3) is 0 Å². The van der Waals surface area contributed by atoms with Crippen LogP contribution in [-0.2, 0) is 0 Å². The maximum atomic E-state index is 5.97. The molecule has 1 heterocycles. The molecule has 1 aromatic rings. The van der Waals surface area contributed by atoms with Gasteiger partial charge in [-0.3, -0.25) is 0 Å². The Morgan fingerprint density at radius 3 is 2.84 bits per heavy atom. The zero-order valence-corrected chi connectivity index (χ0v) is 12.3. The molecule has 0 bridgehead atoms. The SMILES string of the molecule is CCCNC1C2COc3ccccc3C2C1(C)CC. The van der Waals surface area contributed by atoms with E-state index in [2.05, 4.69) is 50.4 Å². The van der Waals surface area contributed by atoms with Gasteiger partial charge in [0.1, 0.15) is 5.75 Å². The van der Waals surface area contributed by atoms with Gasteiger partial charge < -0.3 is 10.1 Å². The van der Waals surface area contributed by atoms with E-state index in [-0.39, 0.29) is 0 Å². The Kier molecular flexibility index (Phi) is 3.30. The molecule has 0 aromatic heterocycles. The minimum absolute atomic E-state index is 0.375. The van der Waals surface area contributed by atoms with Gasteiger partial charge in [-0.1, -0.05) is 39.0 Å². The Morgan fingerprint density at radius 2 is 2.11 bits per heavy atom. The van der Waals surface area contributed by atoms with Crippen LogP contribution in [0.1, 0.15) is 45.1 Å². The lowest BCUT2D eigenvalue weighted by molar-refractivity contribution is -0.0644. The molecule has 19 heavy (non-hydrogen) atoms. The predicted octanol–water partition coefficient (Wildman–Crippen LogP) is 3.58. The van der Waals surface area contributed by atoms with Crippen molar-refractivity contribution in [3.8, 4) is 5.75 Å². The zero-order valence-electron chi connectivity index (χ0n) is 12.3. The molecule has 2 nitrogen and oxygen atoms in total. The Balaban J connectivity index is 1.90. The molecule has 0 spiro atoms. The summed E-state index contributed by atoms with van der Waals surface area (Å²) in [6, 6.07) is 9.21. The van der Waals surface area contributed by atoms with Crippen LogP contribution in [0.15, 0.2) is 24.3 Å². The number of hydrogen-bond acceptors (Lipinski definition) is 2. The maximum Gasteiger partial charge on any atom is 0.122 e. The second-order valence-corrected chi connectivity index (χ2v) is 6.28. The monoisotopic (exact) mass is 259 g/mol. The second kappa shape index (κ2) is 4.82. The first-order valence-corrected chi connectivity index (χ1v) is 7.67. The largest absolute Gasteiger partial charge is 0.493 e. The number of nitrogens with one attached hydrogen (secondary N) is 1. The topological polar surface area (TPSA) is 21.3 Å². The standard InChI is InChI=1S/C17H25NO/c1-4-10-18-16-13-11-19-14-9-7-6-8-12(14)15(13)17(16,3)5-2/h6-9,13,15-16,18H,4-5,10-11H2,1-3H3. The molecule has 0 amide bonds. The van der Waals surface area contributed by atoms with Crippen molar-refractivity contribution in [2.24, 2.45) is 11.3 Å². The van der Waals surface area contributed by atoms with E-state index in [9.17, 15) is 0 Å². The fourth-order valence-corrected chi connectivity index (χ4v) is 4.20. The van der Waals surface area contributed by atoms with Gasteiger partial charge >= 0.3 is 0 Å². The summed E-state index contributed by atoms with van der Waals surface area (Å²) in [5, 5.41) is 3.76. The zero-order chi connectivity index (χ0) is 13.5. The van der Waals surface area contributed by atoms with Gasteiger partial charge in [-0.05, 0) is 36.4 Å². The van der Waals surface area contributed by atoms with Crippen LogP contribution in [-0.4, -0.2) is 19.2 Å². The highest BCUT2D eigenvalue weighted by atomic mass is 16.5. The van der Waals surface area contributed by atoms with E-state index in [1.165, 1.54) is 18.4 Å². The van der Waals surface area contributed by atoms with Gasteiger partial charge in [-0.2, -0.15) is 0 Å². The quantitative estimate of drug-likeness (QED) is 0.892. The van der Waals surface area contributed by atoms with Crippen molar-refractivity contribution in [1.82, 2.24) is 5.32 Å². The van der Waals surface area contributed by atoms with Crippen molar-refractivity contribution < 1.29 is 4.74 Å². The molecule has 104 valence electrons. The maximum absolute atomic E-state index is 5.97. The van der Waals surface area contributed by atoms with Gasteiger partial charge in [-0.25, -0.2) is 0 Å². The van der Waals surface area contributed by atoms with Crippen LogP contribution in [0.3, 0.4) is 0 Å². The van der Waals surface area contributed by atoms with E-state index in [0.29, 0.717) is 23.3 Å². The molecule has 1 N–H and O–H groups in total. The normalized spacial score (nSPS) is 35.8. The number of rotatable bonds is 4. The minimum Gasteiger partial charge on any atom is -0.493 e. The van der Waals surface area contributed by atoms with Gasteiger partial charge in [0, 0.05) is 17.9 Å². The number of ether oxygens (including phenoxy) is 1. The molecule has 4 atom stereocenters. The van der Waals surface area contributed by atoms with Crippen LogP contribution in [0.4, 0.5) is 0 Å². The van der Waals surface area contributed by atoms with E-state index < -0.39 is 0 Å². The molecule has 1 saturated carbocycles. The predicted molar refractivity (Wildman–Crippen MR) is 78.6 cm³/mol. The summed E-state index contributed by atoms with van der Waals surface area (Å²) in [6.07, 6.45) is 2.43. The first-order chi connectivity index (χ1) is 9.22. The Bertz CT molecular complexity index is 458. The molecular formula is C17H25NO. The third-order valence-electron chi connectivity index (χ3n) is 5.34. The number of hydrogen-bond donors (Lipinski definition) is 1. The first kappa shape index (κ1) is 13.0. The number of benzene rings is 1. The fourth-order valence-electron chi connectivity index (χ4n) is 4.20.